The van der Waals surface area contributed by atoms with Crippen LogP contribution in [0.4, 0.5) is 4.79 Å². The van der Waals surface area contributed by atoms with Crippen molar-refractivity contribution < 1.29 is 9.90 Å². The van der Waals surface area contributed by atoms with E-state index in [1.54, 1.807) is 4.90 Å². The highest BCUT2D eigenvalue weighted by Gasteiger charge is 2.38. The van der Waals surface area contributed by atoms with E-state index in [0.29, 0.717) is 6.54 Å². The van der Waals surface area contributed by atoms with E-state index in [1.807, 2.05) is 0 Å². The Hall–Kier alpha value is -0.810. The Morgan fingerprint density at radius 1 is 1.25 bits per heavy atom. The molecule has 2 aliphatic heterocycles. The first kappa shape index (κ1) is 15.6. The SMILES string of the molecule is CC(C)(C)C1CN(CC2CCNCC2)CCN1C(=O)O. The van der Waals surface area contributed by atoms with E-state index in [-0.39, 0.29) is 11.5 Å². The number of rotatable bonds is 2. The van der Waals surface area contributed by atoms with Crippen molar-refractivity contribution in [3.63, 3.8) is 0 Å². The number of carbonyl (C=O) groups is 1. The minimum Gasteiger partial charge on any atom is -0.465 e. The number of carboxylic acid groups (broad SMARTS) is 1. The summed E-state index contributed by atoms with van der Waals surface area (Å²) in [7, 11) is 0. The van der Waals surface area contributed by atoms with Gasteiger partial charge in [-0.05, 0) is 37.3 Å². The molecule has 2 rings (SSSR count). The fourth-order valence-electron chi connectivity index (χ4n) is 3.40. The Morgan fingerprint density at radius 3 is 2.45 bits per heavy atom. The summed E-state index contributed by atoms with van der Waals surface area (Å²) in [6.07, 6.45) is 1.73. The van der Waals surface area contributed by atoms with E-state index in [4.69, 9.17) is 0 Å². The Bertz CT molecular complexity index is 335. The van der Waals surface area contributed by atoms with Gasteiger partial charge in [0.1, 0.15) is 0 Å². The summed E-state index contributed by atoms with van der Waals surface area (Å²) in [6.45, 7) is 12.2. The fraction of sp³-hybridized carbons (Fsp3) is 0.933. The van der Waals surface area contributed by atoms with Crippen molar-refractivity contribution >= 4 is 6.09 Å². The third-order valence-electron chi connectivity index (χ3n) is 4.68. The summed E-state index contributed by atoms with van der Waals surface area (Å²) in [6, 6.07) is 0.0930. The highest BCUT2D eigenvalue weighted by atomic mass is 16.4. The molecule has 2 N–H and O–H groups in total. The van der Waals surface area contributed by atoms with Crippen LogP contribution < -0.4 is 5.32 Å². The summed E-state index contributed by atoms with van der Waals surface area (Å²) >= 11 is 0. The molecule has 116 valence electrons. The van der Waals surface area contributed by atoms with Crippen LogP contribution >= 0.6 is 0 Å². The van der Waals surface area contributed by atoms with Crippen LogP contribution in [0, 0.1) is 11.3 Å². The number of nitrogens with zero attached hydrogens (tertiary/aromatic N) is 2. The van der Waals surface area contributed by atoms with E-state index in [2.05, 4.69) is 31.0 Å². The van der Waals surface area contributed by atoms with Gasteiger partial charge in [-0.3, -0.25) is 4.90 Å². The first-order chi connectivity index (χ1) is 9.38. The molecular formula is C15H29N3O2. The van der Waals surface area contributed by atoms with Crippen molar-refractivity contribution in [2.75, 3.05) is 39.3 Å². The Kier molecular flexibility index (Phi) is 4.91. The van der Waals surface area contributed by atoms with Crippen molar-refractivity contribution in [1.82, 2.24) is 15.1 Å². The molecule has 1 amide bonds. The Morgan fingerprint density at radius 2 is 1.90 bits per heavy atom. The van der Waals surface area contributed by atoms with Crippen molar-refractivity contribution in [3.05, 3.63) is 0 Å². The number of amides is 1. The second kappa shape index (κ2) is 6.31. The predicted octanol–water partition coefficient (Wildman–Crippen LogP) is 1.70. The second-order valence-corrected chi connectivity index (χ2v) is 7.31. The molecule has 1 atom stereocenters. The van der Waals surface area contributed by atoms with Gasteiger partial charge in [-0.1, -0.05) is 20.8 Å². The molecule has 0 radical (unpaired) electrons. The largest absolute Gasteiger partial charge is 0.465 e. The molecule has 0 spiro atoms. The molecule has 2 heterocycles. The highest BCUT2D eigenvalue weighted by molar-refractivity contribution is 5.65. The first-order valence-corrected chi connectivity index (χ1v) is 7.80. The van der Waals surface area contributed by atoms with Crippen LogP contribution in [0.15, 0.2) is 0 Å². The lowest BCUT2D eigenvalue weighted by Gasteiger charge is -2.46. The summed E-state index contributed by atoms with van der Waals surface area (Å²) < 4.78 is 0. The van der Waals surface area contributed by atoms with Crippen LogP contribution in [0.3, 0.4) is 0 Å². The van der Waals surface area contributed by atoms with Crippen LogP contribution in [0.5, 0.6) is 0 Å². The average molecular weight is 283 g/mol. The minimum absolute atomic E-state index is 0.00875. The monoisotopic (exact) mass is 283 g/mol. The lowest BCUT2D eigenvalue weighted by Crippen LogP contribution is -2.60. The maximum absolute atomic E-state index is 11.4. The number of hydrogen-bond acceptors (Lipinski definition) is 3. The maximum atomic E-state index is 11.4. The quantitative estimate of drug-likeness (QED) is 0.810. The predicted molar refractivity (Wildman–Crippen MR) is 80.0 cm³/mol. The van der Waals surface area contributed by atoms with Gasteiger partial charge in [0.25, 0.3) is 0 Å². The van der Waals surface area contributed by atoms with Crippen LogP contribution in [0.1, 0.15) is 33.6 Å². The number of nitrogens with one attached hydrogen (secondary N) is 1. The molecule has 0 aromatic rings. The molecule has 0 bridgehead atoms. The highest BCUT2D eigenvalue weighted by Crippen LogP contribution is 2.28. The van der Waals surface area contributed by atoms with E-state index >= 15 is 0 Å². The number of piperazine rings is 1. The standard InChI is InChI=1S/C15H29N3O2/c1-15(2,3)13-11-17(8-9-18(13)14(19)20)10-12-4-6-16-7-5-12/h12-13,16H,4-11H2,1-3H3,(H,19,20). The molecular weight excluding hydrogens is 254 g/mol. The molecule has 2 saturated heterocycles. The van der Waals surface area contributed by atoms with Gasteiger partial charge < -0.3 is 15.3 Å². The third-order valence-corrected chi connectivity index (χ3v) is 4.68. The Labute approximate surface area is 122 Å². The molecule has 5 heteroatoms. The van der Waals surface area contributed by atoms with Crippen LogP contribution in [-0.2, 0) is 0 Å². The Balaban J connectivity index is 1.95. The number of piperidine rings is 1. The van der Waals surface area contributed by atoms with Gasteiger partial charge in [-0.25, -0.2) is 4.79 Å². The zero-order valence-electron chi connectivity index (χ0n) is 13.1. The van der Waals surface area contributed by atoms with Crippen LogP contribution in [-0.4, -0.2) is 66.3 Å². The number of hydrogen-bond donors (Lipinski definition) is 2. The van der Waals surface area contributed by atoms with E-state index in [9.17, 15) is 9.90 Å². The first-order valence-electron chi connectivity index (χ1n) is 7.80. The fourth-order valence-corrected chi connectivity index (χ4v) is 3.40. The van der Waals surface area contributed by atoms with Gasteiger partial charge in [-0.2, -0.15) is 0 Å². The second-order valence-electron chi connectivity index (χ2n) is 7.31. The van der Waals surface area contributed by atoms with Crippen molar-refractivity contribution in [3.8, 4) is 0 Å². The van der Waals surface area contributed by atoms with Crippen molar-refractivity contribution in [2.24, 2.45) is 11.3 Å². The third kappa shape index (κ3) is 3.85. The molecule has 0 aromatic heterocycles. The molecule has 0 aliphatic carbocycles. The van der Waals surface area contributed by atoms with Crippen molar-refractivity contribution in [2.45, 2.75) is 39.7 Å². The maximum Gasteiger partial charge on any atom is 0.407 e. The lowest BCUT2D eigenvalue weighted by atomic mass is 9.84. The smallest absolute Gasteiger partial charge is 0.407 e. The summed E-state index contributed by atoms with van der Waals surface area (Å²) in [5.74, 6) is 0.772. The molecule has 2 fully saturated rings. The van der Waals surface area contributed by atoms with Gasteiger partial charge >= 0.3 is 6.09 Å². The van der Waals surface area contributed by atoms with E-state index < -0.39 is 6.09 Å². The van der Waals surface area contributed by atoms with Gasteiger partial charge in [0.2, 0.25) is 0 Å². The van der Waals surface area contributed by atoms with Gasteiger partial charge in [0.15, 0.2) is 0 Å². The summed E-state index contributed by atoms with van der Waals surface area (Å²) in [5, 5.41) is 12.8. The molecule has 1 unspecified atom stereocenters. The zero-order valence-corrected chi connectivity index (χ0v) is 13.1. The molecule has 0 aromatic carbocycles. The van der Waals surface area contributed by atoms with Crippen LogP contribution in [0.2, 0.25) is 0 Å². The topological polar surface area (TPSA) is 55.8 Å². The van der Waals surface area contributed by atoms with E-state index in [0.717, 1.165) is 38.6 Å². The minimum atomic E-state index is -0.772. The molecule has 5 nitrogen and oxygen atoms in total. The summed E-state index contributed by atoms with van der Waals surface area (Å²) in [5.41, 5.74) is -0.00875. The van der Waals surface area contributed by atoms with Crippen LogP contribution in [0.25, 0.3) is 0 Å². The average Bonchev–Trinajstić information content (AvgIpc) is 2.38. The zero-order chi connectivity index (χ0) is 14.8. The van der Waals surface area contributed by atoms with E-state index in [1.165, 1.54) is 12.8 Å². The molecule has 20 heavy (non-hydrogen) atoms. The van der Waals surface area contributed by atoms with Gasteiger partial charge in [-0.15, -0.1) is 0 Å². The van der Waals surface area contributed by atoms with Crippen molar-refractivity contribution in [1.29, 1.82) is 0 Å². The van der Waals surface area contributed by atoms with Gasteiger partial charge in [0, 0.05) is 26.2 Å². The van der Waals surface area contributed by atoms with Gasteiger partial charge in [0.05, 0.1) is 6.04 Å². The molecule has 2 aliphatic rings. The normalized spacial score (nSPS) is 26.8. The summed E-state index contributed by atoms with van der Waals surface area (Å²) in [4.78, 5) is 15.5. The lowest BCUT2D eigenvalue weighted by molar-refractivity contribution is 0.0151. The molecule has 0 saturated carbocycles.